The van der Waals surface area contributed by atoms with Gasteiger partial charge in [0.1, 0.15) is 0 Å². The highest BCUT2D eigenvalue weighted by Gasteiger charge is 2.36. The Labute approximate surface area is 71.4 Å². The van der Waals surface area contributed by atoms with Crippen molar-refractivity contribution in [3.63, 3.8) is 0 Å². The fraction of sp³-hybridized carbons (Fsp3) is 0.750. The van der Waals surface area contributed by atoms with E-state index in [0.29, 0.717) is 5.70 Å². The number of alkyl halides is 1. The first-order valence-electron chi connectivity index (χ1n) is 3.99. The molecule has 0 amide bonds. The molecule has 12 heavy (non-hydrogen) atoms. The number of hydrazine groups is 1. The van der Waals surface area contributed by atoms with Crippen molar-refractivity contribution in [1.82, 2.24) is 10.0 Å². The van der Waals surface area contributed by atoms with E-state index in [-0.39, 0.29) is 6.04 Å². The third kappa shape index (κ3) is 1.20. The van der Waals surface area contributed by atoms with Gasteiger partial charge in [0.2, 0.25) is 6.30 Å². The maximum Gasteiger partial charge on any atom is 0.223 e. The summed E-state index contributed by atoms with van der Waals surface area (Å²) in [6.45, 7) is 5.38. The molecular weight excluding hydrogens is 162 g/mol. The van der Waals surface area contributed by atoms with E-state index in [1.165, 1.54) is 5.01 Å². The second kappa shape index (κ2) is 3.01. The first-order chi connectivity index (χ1) is 5.46. The third-order valence-corrected chi connectivity index (χ3v) is 2.06. The van der Waals surface area contributed by atoms with E-state index < -0.39 is 12.1 Å². The van der Waals surface area contributed by atoms with E-state index in [1.807, 2.05) is 13.8 Å². The van der Waals surface area contributed by atoms with Gasteiger partial charge < -0.3 is 5.01 Å². The number of halogens is 2. The van der Waals surface area contributed by atoms with Gasteiger partial charge in [-0.05, 0) is 20.8 Å². The molecule has 1 unspecified atom stereocenters. The molecule has 0 aromatic heterocycles. The molecule has 0 aromatic carbocycles. The van der Waals surface area contributed by atoms with Crippen LogP contribution in [0.5, 0.6) is 0 Å². The Kier molecular flexibility index (Phi) is 2.37. The minimum Gasteiger partial charge on any atom is -0.302 e. The van der Waals surface area contributed by atoms with Crippen LogP contribution < -0.4 is 0 Å². The molecule has 1 rings (SSSR count). The highest BCUT2D eigenvalue weighted by Crippen LogP contribution is 2.30. The largest absolute Gasteiger partial charge is 0.302 e. The lowest BCUT2D eigenvalue weighted by Crippen LogP contribution is -2.41. The van der Waals surface area contributed by atoms with Crippen LogP contribution in [0.1, 0.15) is 20.8 Å². The molecule has 1 aliphatic heterocycles. The van der Waals surface area contributed by atoms with Gasteiger partial charge in [-0.2, -0.15) is 5.01 Å². The number of likely N-dealkylation sites (N-methyl/N-ethyl adjacent to an activating group) is 1. The van der Waals surface area contributed by atoms with Crippen molar-refractivity contribution in [3.05, 3.63) is 11.5 Å². The summed E-state index contributed by atoms with van der Waals surface area (Å²) in [5, 5.41) is 2.88. The molecule has 4 heteroatoms. The lowest BCUT2D eigenvalue weighted by Gasteiger charge is -2.32. The van der Waals surface area contributed by atoms with Gasteiger partial charge in [-0.15, -0.1) is 0 Å². The quantitative estimate of drug-likeness (QED) is 0.564. The molecule has 0 fully saturated rings. The van der Waals surface area contributed by atoms with Crippen molar-refractivity contribution in [3.8, 4) is 0 Å². The summed E-state index contributed by atoms with van der Waals surface area (Å²) in [6.07, 6.45) is -1.60. The van der Waals surface area contributed by atoms with Crippen LogP contribution in [0.15, 0.2) is 11.5 Å². The first kappa shape index (κ1) is 9.45. The zero-order chi connectivity index (χ0) is 9.46. The predicted molar refractivity (Wildman–Crippen MR) is 43.4 cm³/mol. The SMILES string of the molecule is CC1=C(F)C(F)N(C)N1C(C)C. The monoisotopic (exact) mass is 176 g/mol. The summed E-state index contributed by atoms with van der Waals surface area (Å²) in [7, 11) is 1.54. The Morgan fingerprint density at radius 1 is 1.42 bits per heavy atom. The summed E-state index contributed by atoms with van der Waals surface area (Å²) < 4.78 is 26.0. The molecule has 1 aliphatic rings. The first-order valence-corrected chi connectivity index (χ1v) is 3.99. The number of hydrogen-bond donors (Lipinski definition) is 0. The third-order valence-electron chi connectivity index (χ3n) is 2.06. The minimum absolute atomic E-state index is 0.0847. The van der Waals surface area contributed by atoms with Crippen molar-refractivity contribution in [2.24, 2.45) is 0 Å². The summed E-state index contributed by atoms with van der Waals surface area (Å²) in [6, 6.07) is 0.0847. The highest BCUT2D eigenvalue weighted by molar-refractivity contribution is 5.13. The molecule has 0 bridgehead atoms. The molecular formula is C8H14F2N2. The van der Waals surface area contributed by atoms with Crippen molar-refractivity contribution in [2.75, 3.05) is 7.05 Å². The van der Waals surface area contributed by atoms with Crippen molar-refractivity contribution in [1.29, 1.82) is 0 Å². The Morgan fingerprint density at radius 3 is 2.08 bits per heavy atom. The van der Waals surface area contributed by atoms with E-state index in [1.54, 1.807) is 19.0 Å². The number of allylic oxidation sites excluding steroid dienone is 1. The fourth-order valence-electron chi connectivity index (χ4n) is 1.54. The molecule has 1 heterocycles. The van der Waals surface area contributed by atoms with E-state index in [9.17, 15) is 8.78 Å². The Bertz CT molecular complexity index is 213. The topological polar surface area (TPSA) is 6.48 Å². The van der Waals surface area contributed by atoms with Crippen molar-refractivity contribution < 1.29 is 8.78 Å². The van der Waals surface area contributed by atoms with E-state index in [0.717, 1.165) is 0 Å². The normalized spacial score (nSPS) is 26.2. The van der Waals surface area contributed by atoms with Gasteiger partial charge in [-0.25, -0.2) is 8.78 Å². The molecule has 0 spiro atoms. The van der Waals surface area contributed by atoms with Crippen LogP contribution >= 0.6 is 0 Å². The Balaban J connectivity index is 2.91. The molecule has 1 atom stereocenters. The highest BCUT2D eigenvalue weighted by atomic mass is 19.2. The van der Waals surface area contributed by atoms with Crippen molar-refractivity contribution >= 4 is 0 Å². The number of nitrogens with zero attached hydrogens (tertiary/aromatic N) is 2. The van der Waals surface area contributed by atoms with Crippen LogP contribution in [0, 0.1) is 0 Å². The van der Waals surface area contributed by atoms with Gasteiger partial charge in [0, 0.05) is 13.1 Å². The smallest absolute Gasteiger partial charge is 0.223 e. The molecule has 0 aliphatic carbocycles. The fourth-order valence-corrected chi connectivity index (χ4v) is 1.54. The average molecular weight is 176 g/mol. The maximum atomic E-state index is 13.0. The molecule has 2 nitrogen and oxygen atoms in total. The Morgan fingerprint density at radius 2 is 1.92 bits per heavy atom. The lowest BCUT2D eigenvalue weighted by atomic mass is 10.3. The number of rotatable bonds is 1. The molecule has 0 aromatic rings. The molecule has 0 N–H and O–H groups in total. The molecule has 0 radical (unpaired) electrons. The predicted octanol–water partition coefficient (Wildman–Crippen LogP) is 2.05. The van der Waals surface area contributed by atoms with E-state index >= 15 is 0 Å². The maximum absolute atomic E-state index is 13.0. The minimum atomic E-state index is -1.60. The second-order valence-electron chi connectivity index (χ2n) is 3.28. The zero-order valence-electron chi connectivity index (χ0n) is 7.81. The molecule has 0 saturated carbocycles. The van der Waals surface area contributed by atoms with Gasteiger partial charge in [-0.1, -0.05) is 0 Å². The molecule has 0 saturated heterocycles. The van der Waals surface area contributed by atoms with Gasteiger partial charge in [-0.3, -0.25) is 0 Å². The van der Waals surface area contributed by atoms with Crippen LogP contribution in [0.25, 0.3) is 0 Å². The van der Waals surface area contributed by atoms with Crippen LogP contribution in [-0.4, -0.2) is 29.4 Å². The van der Waals surface area contributed by atoms with Gasteiger partial charge in [0.25, 0.3) is 0 Å². The molecule has 70 valence electrons. The van der Waals surface area contributed by atoms with Crippen LogP contribution in [-0.2, 0) is 0 Å². The van der Waals surface area contributed by atoms with Crippen molar-refractivity contribution in [2.45, 2.75) is 33.1 Å². The van der Waals surface area contributed by atoms with Gasteiger partial charge in [0.15, 0.2) is 5.83 Å². The summed E-state index contributed by atoms with van der Waals surface area (Å²) >= 11 is 0. The van der Waals surface area contributed by atoms with Gasteiger partial charge >= 0.3 is 0 Å². The number of hydrogen-bond acceptors (Lipinski definition) is 2. The van der Waals surface area contributed by atoms with E-state index in [2.05, 4.69) is 0 Å². The van der Waals surface area contributed by atoms with Gasteiger partial charge in [0.05, 0.1) is 5.70 Å². The van der Waals surface area contributed by atoms with Crippen LogP contribution in [0.4, 0.5) is 8.78 Å². The summed E-state index contributed by atoms with van der Waals surface area (Å²) in [5.41, 5.74) is 0.375. The summed E-state index contributed by atoms with van der Waals surface area (Å²) in [5.74, 6) is -0.675. The van der Waals surface area contributed by atoms with Crippen LogP contribution in [0.2, 0.25) is 0 Å². The average Bonchev–Trinajstić information content (AvgIpc) is 2.16. The lowest BCUT2D eigenvalue weighted by molar-refractivity contribution is -0.0392. The summed E-state index contributed by atoms with van der Waals surface area (Å²) in [4.78, 5) is 0. The second-order valence-corrected chi connectivity index (χ2v) is 3.28. The zero-order valence-corrected chi connectivity index (χ0v) is 7.81. The van der Waals surface area contributed by atoms with Crippen LogP contribution in [0.3, 0.4) is 0 Å². The standard InChI is InChI=1S/C8H14F2N2/c1-5(2)12-6(3)7(9)8(10)11(12)4/h5,8H,1-4H3. The van der Waals surface area contributed by atoms with E-state index in [4.69, 9.17) is 0 Å². The Hall–Kier alpha value is -0.640.